The number of ether oxygens (including phenoxy) is 1. The molecule has 0 radical (unpaired) electrons. The van der Waals surface area contributed by atoms with Gasteiger partial charge in [-0.15, -0.1) is 0 Å². The van der Waals surface area contributed by atoms with Crippen LogP contribution in [0.15, 0.2) is 42.5 Å². The number of esters is 1. The number of benzene rings is 2. The molecule has 2 rings (SSSR count). The van der Waals surface area contributed by atoms with E-state index in [4.69, 9.17) is 4.74 Å². The maximum absolute atomic E-state index is 11.9. The number of aryl methyl sites for hydroxylation is 1. The van der Waals surface area contributed by atoms with Crippen LogP contribution < -0.4 is 10.6 Å². The Labute approximate surface area is 151 Å². The third-order valence-electron chi connectivity index (χ3n) is 3.53. The summed E-state index contributed by atoms with van der Waals surface area (Å²) < 4.78 is 4.93. The number of amides is 2. The molecule has 0 saturated carbocycles. The minimum atomic E-state index is -0.716. The second-order valence-corrected chi connectivity index (χ2v) is 5.57. The predicted molar refractivity (Wildman–Crippen MR) is 96.2 cm³/mol. The molecule has 2 aromatic carbocycles. The summed E-state index contributed by atoms with van der Waals surface area (Å²) in [4.78, 5) is 35.6. The van der Waals surface area contributed by atoms with Crippen molar-refractivity contribution in [1.82, 2.24) is 5.32 Å². The SMILES string of the molecule is CCNC(=O)c1cccc(NC(=O)COC(=O)c2ccc(C)c(O)c2)c1. The van der Waals surface area contributed by atoms with Crippen LogP contribution in [0, 0.1) is 6.92 Å². The van der Waals surface area contributed by atoms with Crippen molar-refractivity contribution < 1.29 is 24.2 Å². The molecule has 26 heavy (non-hydrogen) atoms. The highest BCUT2D eigenvalue weighted by Crippen LogP contribution is 2.18. The molecule has 0 unspecified atom stereocenters. The van der Waals surface area contributed by atoms with Gasteiger partial charge in [0, 0.05) is 17.8 Å². The summed E-state index contributed by atoms with van der Waals surface area (Å²) in [6.45, 7) is 3.53. The maximum Gasteiger partial charge on any atom is 0.338 e. The Kier molecular flexibility index (Phi) is 6.32. The zero-order valence-corrected chi connectivity index (χ0v) is 14.5. The Bertz CT molecular complexity index is 832. The van der Waals surface area contributed by atoms with Gasteiger partial charge in [0.1, 0.15) is 5.75 Å². The molecule has 0 aliphatic carbocycles. The fourth-order valence-electron chi connectivity index (χ4n) is 2.15. The van der Waals surface area contributed by atoms with Crippen LogP contribution >= 0.6 is 0 Å². The third-order valence-corrected chi connectivity index (χ3v) is 3.53. The van der Waals surface area contributed by atoms with E-state index in [2.05, 4.69) is 10.6 Å². The van der Waals surface area contributed by atoms with Gasteiger partial charge >= 0.3 is 5.97 Å². The molecule has 0 atom stereocenters. The molecule has 0 saturated heterocycles. The number of rotatable bonds is 6. The minimum Gasteiger partial charge on any atom is -0.508 e. The van der Waals surface area contributed by atoms with Crippen LogP contribution in [0.5, 0.6) is 5.75 Å². The largest absolute Gasteiger partial charge is 0.508 e. The van der Waals surface area contributed by atoms with Crippen LogP contribution in [0.4, 0.5) is 5.69 Å². The number of carbonyl (C=O) groups is 3. The molecule has 136 valence electrons. The highest BCUT2D eigenvalue weighted by Gasteiger charge is 2.12. The number of aromatic hydroxyl groups is 1. The Morgan fingerprint density at radius 3 is 2.54 bits per heavy atom. The van der Waals surface area contributed by atoms with Crippen LogP contribution in [-0.2, 0) is 9.53 Å². The molecule has 0 aromatic heterocycles. The Hall–Kier alpha value is -3.35. The van der Waals surface area contributed by atoms with Crippen molar-refractivity contribution in [3.8, 4) is 5.75 Å². The summed E-state index contributed by atoms with van der Waals surface area (Å²) in [6.07, 6.45) is 0. The van der Waals surface area contributed by atoms with E-state index in [-0.39, 0.29) is 17.2 Å². The van der Waals surface area contributed by atoms with Crippen molar-refractivity contribution in [2.45, 2.75) is 13.8 Å². The summed E-state index contributed by atoms with van der Waals surface area (Å²) in [7, 11) is 0. The van der Waals surface area contributed by atoms with Gasteiger partial charge in [0.2, 0.25) is 0 Å². The van der Waals surface area contributed by atoms with Gasteiger partial charge in [-0.05, 0) is 49.7 Å². The third kappa shape index (κ3) is 5.07. The second kappa shape index (κ2) is 8.66. The van der Waals surface area contributed by atoms with Crippen LogP contribution in [0.3, 0.4) is 0 Å². The van der Waals surface area contributed by atoms with Crippen molar-refractivity contribution in [3.63, 3.8) is 0 Å². The Balaban J connectivity index is 1.92. The molecule has 2 aromatic rings. The quantitative estimate of drug-likeness (QED) is 0.689. The lowest BCUT2D eigenvalue weighted by Crippen LogP contribution is -2.23. The number of hydrogen-bond donors (Lipinski definition) is 3. The molecule has 0 aliphatic heterocycles. The number of carbonyl (C=O) groups excluding carboxylic acids is 3. The topological polar surface area (TPSA) is 105 Å². The number of hydrogen-bond acceptors (Lipinski definition) is 5. The second-order valence-electron chi connectivity index (χ2n) is 5.57. The highest BCUT2D eigenvalue weighted by atomic mass is 16.5. The van der Waals surface area contributed by atoms with Crippen LogP contribution in [0.25, 0.3) is 0 Å². The van der Waals surface area contributed by atoms with Gasteiger partial charge in [-0.25, -0.2) is 4.79 Å². The van der Waals surface area contributed by atoms with E-state index >= 15 is 0 Å². The van der Waals surface area contributed by atoms with E-state index < -0.39 is 18.5 Å². The average molecular weight is 356 g/mol. The summed E-state index contributed by atoms with van der Waals surface area (Å²) in [5, 5.41) is 14.8. The highest BCUT2D eigenvalue weighted by molar-refractivity contribution is 5.98. The molecule has 2 amide bonds. The van der Waals surface area contributed by atoms with Gasteiger partial charge in [-0.3, -0.25) is 9.59 Å². The standard InChI is InChI=1S/C19H20N2O5/c1-3-20-18(24)13-5-4-6-15(9-13)21-17(23)11-26-19(25)14-8-7-12(2)16(22)10-14/h4-10,22H,3,11H2,1-2H3,(H,20,24)(H,21,23). The normalized spacial score (nSPS) is 10.1. The molecule has 7 heteroatoms. The fraction of sp³-hybridized carbons (Fsp3) is 0.211. The summed E-state index contributed by atoms with van der Waals surface area (Å²) in [5.41, 5.74) is 1.62. The van der Waals surface area contributed by atoms with Gasteiger partial charge in [0.25, 0.3) is 11.8 Å². The monoisotopic (exact) mass is 356 g/mol. The molecule has 0 aliphatic rings. The lowest BCUT2D eigenvalue weighted by molar-refractivity contribution is -0.119. The van der Waals surface area contributed by atoms with E-state index in [9.17, 15) is 19.5 Å². The number of phenols is 1. The first-order chi connectivity index (χ1) is 12.4. The number of phenolic OH excluding ortho intramolecular Hbond substituents is 1. The zero-order valence-electron chi connectivity index (χ0n) is 14.5. The summed E-state index contributed by atoms with van der Waals surface area (Å²) >= 11 is 0. The molecule has 3 N–H and O–H groups in total. The van der Waals surface area contributed by atoms with Crippen molar-refractivity contribution in [3.05, 3.63) is 59.2 Å². The van der Waals surface area contributed by atoms with Gasteiger partial charge in [-0.2, -0.15) is 0 Å². The maximum atomic E-state index is 11.9. The Morgan fingerprint density at radius 2 is 1.85 bits per heavy atom. The van der Waals surface area contributed by atoms with E-state index in [1.807, 2.05) is 6.92 Å². The smallest absolute Gasteiger partial charge is 0.338 e. The Morgan fingerprint density at radius 1 is 1.08 bits per heavy atom. The predicted octanol–water partition coefficient (Wildman–Crippen LogP) is 2.25. The fourth-order valence-corrected chi connectivity index (χ4v) is 2.15. The van der Waals surface area contributed by atoms with Crippen LogP contribution in [-0.4, -0.2) is 36.0 Å². The van der Waals surface area contributed by atoms with Crippen LogP contribution in [0.1, 0.15) is 33.2 Å². The first kappa shape index (κ1) is 19.0. The van der Waals surface area contributed by atoms with Gasteiger partial charge in [0.05, 0.1) is 5.56 Å². The first-order valence-electron chi connectivity index (χ1n) is 8.05. The number of nitrogens with one attached hydrogen (secondary N) is 2. The molecule has 0 heterocycles. The van der Waals surface area contributed by atoms with E-state index in [1.54, 1.807) is 31.2 Å². The molecule has 0 bridgehead atoms. The van der Waals surface area contributed by atoms with Crippen molar-refractivity contribution in [2.75, 3.05) is 18.5 Å². The van der Waals surface area contributed by atoms with Crippen molar-refractivity contribution in [2.24, 2.45) is 0 Å². The molecule has 0 spiro atoms. The van der Waals surface area contributed by atoms with E-state index in [0.717, 1.165) is 0 Å². The van der Waals surface area contributed by atoms with E-state index in [1.165, 1.54) is 18.2 Å². The number of anilines is 1. The van der Waals surface area contributed by atoms with E-state index in [0.29, 0.717) is 23.4 Å². The zero-order chi connectivity index (χ0) is 19.1. The van der Waals surface area contributed by atoms with Gasteiger partial charge in [-0.1, -0.05) is 12.1 Å². The molecule has 0 fully saturated rings. The lowest BCUT2D eigenvalue weighted by atomic mass is 10.1. The molecular weight excluding hydrogens is 336 g/mol. The average Bonchev–Trinajstić information content (AvgIpc) is 2.62. The van der Waals surface area contributed by atoms with Crippen molar-refractivity contribution >= 4 is 23.5 Å². The minimum absolute atomic E-state index is 0.0222. The van der Waals surface area contributed by atoms with Gasteiger partial charge in [0.15, 0.2) is 6.61 Å². The van der Waals surface area contributed by atoms with Gasteiger partial charge < -0.3 is 20.5 Å². The van der Waals surface area contributed by atoms with Crippen molar-refractivity contribution in [1.29, 1.82) is 0 Å². The summed E-state index contributed by atoms with van der Waals surface area (Å²) in [5.74, 6) is -1.52. The first-order valence-corrected chi connectivity index (χ1v) is 8.05. The van der Waals surface area contributed by atoms with Crippen LogP contribution in [0.2, 0.25) is 0 Å². The molecular formula is C19H20N2O5. The lowest BCUT2D eigenvalue weighted by Gasteiger charge is -2.09. The summed E-state index contributed by atoms with van der Waals surface area (Å²) in [6, 6.07) is 10.8. The molecule has 7 nitrogen and oxygen atoms in total.